The molecule has 0 saturated carbocycles. The van der Waals surface area contributed by atoms with Gasteiger partial charge in [-0.25, -0.2) is 9.13 Å². The van der Waals surface area contributed by atoms with Crippen LogP contribution in [-0.2, 0) is 65.4 Å². The minimum atomic E-state index is -4.95. The third kappa shape index (κ3) is 62.0. The van der Waals surface area contributed by atoms with Gasteiger partial charge in [0.15, 0.2) is 12.2 Å². The molecule has 7 atom stereocenters. The first-order valence-electron chi connectivity index (χ1n) is 36.6. The Kier molecular flexibility index (Phi) is 60.8. The van der Waals surface area contributed by atoms with Crippen molar-refractivity contribution in [3.8, 4) is 0 Å². The molecule has 0 aromatic rings. The van der Waals surface area contributed by atoms with Crippen molar-refractivity contribution in [1.29, 1.82) is 0 Å². The molecule has 4 unspecified atom stereocenters. The lowest BCUT2D eigenvalue weighted by atomic mass is 9.99. The quantitative estimate of drug-likeness (QED) is 0.0222. The largest absolute Gasteiger partial charge is 0.472 e. The Morgan fingerprint density at radius 1 is 0.315 bits per heavy atom. The highest BCUT2D eigenvalue weighted by Gasteiger charge is 2.30. The minimum Gasteiger partial charge on any atom is -0.462 e. The monoisotopic (exact) mass is 1310 g/mol. The second-order valence-corrected chi connectivity index (χ2v) is 28.7. The molecule has 0 rings (SSSR count). The van der Waals surface area contributed by atoms with E-state index in [1.807, 2.05) is 0 Å². The number of hydrogen-bond donors (Lipinski definition) is 3. The number of carbonyl (C=O) groups excluding carboxylic acids is 4. The van der Waals surface area contributed by atoms with Crippen molar-refractivity contribution >= 4 is 39.5 Å². The van der Waals surface area contributed by atoms with Gasteiger partial charge in [-0.2, -0.15) is 0 Å². The van der Waals surface area contributed by atoms with E-state index in [-0.39, 0.29) is 25.7 Å². The van der Waals surface area contributed by atoms with Crippen molar-refractivity contribution in [1.82, 2.24) is 0 Å². The lowest BCUT2D eigenvalue weighted by Crippen LogP contribution is -2.30. The van der Waals surface area contributed by atoms with Crippen LogP contribution in [0.5, 0.6) is 0 Å². The first-order valence-corrected chi connectivity index (χ1v) is 39.6. The van der Waals surface area contributed by atoms with Gasteiger partial charge in [0.25, 0.3) is 0 Å². The van der Waals surface area contributed by atoms with Crippen molar-refractivity contribution in [2.75, 3.05) is 39.6 Å². The fourth-order valence-electron chi connectivity index (χ4n) is 10.5. The molecule has 0 bridgehead atoms. The molecule has 0 spiro atoms. The number of esters is 4. The summed E-state index contributed by atoms with van der Waals surface area (Å²) < 4.78 is 68.2. The number of aliphatic hydroxyl groups excluding tert-OH is 1. The summed E-state index contributed by atoms with van der Waals surface area (Å²) in [6.45, 7) is 9.57. The van der Waals surface area contributed by atoms with E-state index in [1.165, 1.54) is 161 Å². The van der Waals surface area contributed by atoms with Gasteiger partial charge in [0, 0.05) is 25.7 Å². The lowest BCUT2D eigenvalue weighted by molar-refractivity contribution is -0.161. The molecule has 0 aliphatic heterocycles. The minimum absolute atomic E-state index is 0.107. The van der Waals surface area contributed by atoms with Crippen LogP contribution in [0.1, 0.15) is 356 Å². The highest BCUT2D eigenvalue weighted by molar-refractivity contribution is 7.47. The highest BCUT2D eigenvalue weighted by atomic mass is 31.2. The fourth-order valence-corrected chi connectivity index (χ4v) is 12.1. The van der Waals surface area contributed by atoms with Crippen LogP contribution in [0.4, 0.5) is 0 Å². The topological polar surface area (TPSA) is 237 Å². The molecule has 0 aliphatic carbocycles. The number of ether oxygens (including phenoxy) is 4. The number of phosphoric acid groups is 2. The zero-order chi connectivity index (χ0) is 65.7. The Labute approximate surface area is 543 Å². The summed E-state index contributed by atoms with van der Waals surface area (Å²) in [6, 6.07) is 0. The number of unbranched alkanes of at least 4 members (excludes halogenated alkanes) is 37. The number of rotatable bonds is 69. The van der Waals surface area contributed by atoms with Gasteiger partial charge in [-0.05, 0) is 37.5 Å². The van der Waals surface area contributed by atoms with Crippen LogP contribution in [0.15, 0.2) is 0 Å². The first kappa shape index (κ1) is 87.1. The molecule has 0 saturated heterocycles. The van der Waals surface area contributed by atoms with Gasteiger partial charge in [0.2, 0.25) is 0 Å². The van der Waals surface area contributed by atoms with Crippen molar-refractivity contribution in [3.63, 3.8) is 0 Å². The van der Waals surface area contributed by atoms with Gasteiger partial charge in [-0.15, -0.1) is 0 Å². The molecule has 0 fully saturated rings. The van der Waals surface area contributed by atoms with Gasteiger partial charge in [0.1, 0.15) is 19.3 Å². The summed E-state index contributed by atoms with van der Waals surface area (Å²) in [5.41, 5.74) is 0. The molecule has 89 heavy (non-hydrogen) atoms. The summed E-state index contributed by atoms with van der Waals surface area (Å²) in [7, 11) is -9.89. The van der Waals surface area contributed by atoms with Crippen LogP contribution in [-0.4, -0.2) is 96.7 Å². The van der Waals surface area contributed by atoms with Crippen molar-refractivity contribution in [2.24, 2.45) is 11.8 Å². The van der Waals surface area contributed by atoms with E-state index in [0.717, 1.165) is 115 Å². The third-order valence-electron chi connectivity index (χ3n) is 16.9. The van der Waals surface area contributed by atoms with Crippen LogP contribution in [0.2, 0.25) is 0 Å². The van der Waals surface area contributed by atoms with Gasteiger partial charge in [-0.1, -0.05) is 305 Å². The molecule has 17 nitrogen and oxygen atoms in total. The predicted molar refractivity (Wildman–Crippen MR) is 358 cm³/mol. The standard InChI is InChI=1S/C70H136O17P2/c1-7-11-13-15-17-18-19-25-28-36-42-48-54-69(74)86-65(58-80-67(72)52-46-40-32-16-14-12-8-2)60-84-88(76,77)82-56-64(71)57-83-89(78,79)85-61-66(59-81-68(73)53-47-41-35-31-30-34-39-45-51-63(6)10-4)87-70(75)55-49-43-37-29-26-23-21-20-22-24-27-33-38-44-50-62(5)9-3/h62-66,71H,7-61H2,1-6H3,(H,76,77)(H,78,79)/t62?,63?,64-,65+,66+/m0/s1. The van der Waals surface area contributed by atoms with Crippen molar-refractivity contribution in [2.45, 2.75) is 374 Å². The lowest BCUT2D eigenvalue weighted by Gasteiger charge is -2.21. The summed E-state index contributed by atoms with van der Waals surface area (Å²) in [4.78, 5) is 72.4. The van der Waals surface area contributed by atoms with Gasteiger partial charge >= 0.3 is 39.5 Å². The number of hydrogen-bond acceptors (Lipinski definition) is 15. The van der Waals surface area contributed by atoms with E-state index in [9.17, 15) is 43.2 Å². The molecule has 0 heterocycles. The molecule has 0 amide bonds. The fraction of sp³-hybridized carbons (Fsp3) is 0.943. The number of phosphoric ester groups is 2. The molecule has 0 aromatic carbocycles. The zero-order valence-electron chi connectivity index (χ0n) is 57.7. The van der Waals surface area contributed by atoms with Crippen molar-refractivity contribution < 1.29 is 80.2 Å². The van der Waals surface area contributed by atoms with Gasteiger partial charge < -0.3 is 33.8 Å². The van der Waals surface area contributed by atoms with E-state index in [1.54, 1.807) is 0 Å². The van der Waals surface area contributed by atoms with Gasteiger partial charge in [0.05, 0.1) is 26.4 Å². The Hall–Kier alpha value is -1.94. The molecular formula is C70H136O17P2. The van der Waals surface area contributed by atoms with E-state index in [4.69, 9.17) is 37.0 Å². The molecule has 3 N–H and O–H groups in total. The summed E-state index contributed by atoms with van der Waals surface area (Å²) in [6.07, 6.45) is 47.1. The Balaban J connectivity index is 5.20. The van der Waals surface area contributed by atoms with Crippen LogP contribution < -0.4 is 0 Å². The van der Waals surface area contributed by atoms with Crippen LogP contribution >= 0.6 is 15.6 Å². The maximum absolute atomic E-state index is 13.0. The van der Waals surface area contributed by atoms with Gasteiger partial charge in [-0.3, -0.25) is 37.3 Å². The summed E-state index contributed by atoms with van der Waals surface area (Å²) >= 11 is 0. The third-order valence-corrected chi connectivity index (χ3v) is 18.8. The molecular weight excluding hydrogens is 1170 g/mol. The first-order chi connectivity index (χ1) is 42.9. The van der Waals surface area contributed by atoms with Crippen LogP contribution in [0.3, 0.4) is 0 Å². The van der Waals surface area contributed by atoms with E-state index >= 15 is 0 Å². The average Bonchev–Trinajstić information content (AvgIpc) is 3.59. The maximum Gasteiger partial charge on any atom is 0.472 e. The second kappa shape index (κ2) is 62.2. The Morgan fingerprint density at radius 3 is 0.798 bits per heavy atom. The SMILES string of the molecule is CCCCCCCCCCCCCCC(=O)O[C@H](COC(=O)CCCCCCCCC)COP(=O)(O)OC[C@H](O)COP(=O)(O)OC[C@@H](COC(=O)CCCCCCCCCCC(C)CC)OC(=O)CCCCCCCCCCCCCCCCC(C)CC. The van der Waals surface area contributed by atoms with E-state index in [0.29, 0.717) is 25.7 Å². The Bertz CT molecular complexity index is 1740. The van der Waals surface area contributed by atoms with Crippen LogP contribution in [0.25, 0.3) is 0 Å². The summed E-state index contributed by atoms with van der Waals surface area (Å²) in [5, 5.41) is 10.6. The van der Waals surface area contributed by atoms with E-state index < -0.39 is 97.5 Å². The predicted octanol–water partition coefficient (Wildman–Crippen LogP) is 20.0. The normalized spacial score (nSPS) is 14.8. The molecule has 0 aromatic heterocycles. The second-order valence-electron chi connectivity index (χ2n) is 25.8. The number of aliphatic hydroxyl groups is 1. The zero-order valence-corrected chi connectivity index (χ0v) is 59.5. The van der Waals surface area contributed by atoms with Crippen molar-refractivity contribution in [3.05, 3.63) is 0 Å². The molecule has 0 radical (unpaired) electrons. The average molecular weight is 1310 g/mol. The highest BCUT2D eigenvalue weighted by Crippen LogP contribution is 2.45. The molecule has 528 valence electrons. The molecule has 0 aliphatic rings. The van der Waals surface area contributed by atoms with E-state index in [2.05, 4.69) is 41.5 Å². The summed E-state index contributed by atoms with van der Waals surface area (Å²) in [5.74, 6) is -0.505. The smallest absolute Gasteiger partial charge is 0.462 e. The molecule has 19 heteroatoms. The maximum atomic E-state index is 13.0. The Morgan fingerprint density at radius 2 is 0.539 bits per heavy atom. The number of carbonyl (C=O) groups is 4. The van der Waals surface area contributed by atoms with Crippen LogP contribution in [0, 0.1) is 11.8 Å².